The molecule has 7 nitrogen and oxygen atoms in total. The predicted octanol–water partition coefficient (Wildman–Crippen LogP) is 3.86. The lowest BCUT2D eigenvalue weighted by Crippen LogP contribution is -2.45. The highest BCUT2D eigenvalue weighted by Crippen LogP contribution is 2.39. The third-order valence-corrected chi connectivity index (χ3v) is 5.11. The summed E-state index contributed by atoms with van der Waals surface area (Å²) in [6.45, 7) is 1.62. The normalized spacial score (nSPS) is 15.8. The average Bonchev–Trinajstić information content (AvgIpc) is 2.78. The number of carbonyl (C=O) groups excluding carboxylic acids is 3. The third-order valence-electron chi connectivity index (χ3n) is 5.11. The van der Waals surface area contributed by atoms with Gasteiger partial charge in [0.05, 0.1) is 24.3 Å². The quantitative estimate of drug-likeness (QED) is 0.498. The monoisotopic (exact) mass is 416 g/mol. The fraction of sp³-hybridized carbons (Fsp3) is 0.125. The van der Waals surface area contributed by atoms with Crippen LogP contribution in [0.3, 0.4) is 0 Å². The summed E-state index contributed by atoms with van der Waals surface area (Å²) < 4.78 is 10.7. The molecule has 0 spiro atoms. The van der Waals surface area contributed by atoms with Crippen molar-refractivity contribution in [2.45, 2.75) is 13.0 Å². The van der Waals surface area contributed by atoms with E-state index in [0.717, 1.165) is 10.8 Å². The van der Waals surface area contributed by atoms with Crippen LogP contribution < -0.4 is 15.4 Å². The van der Waals surface area contributed by atoms with Crippen molar-refractivity contribution in [3.8, 4) is 5.75 Å². The molecule has 1 aliphatic heterocycles. The molecule has 4 rings (SSSR count). The van der Waals surface area contributed by atoms with Crippen LogP contribution in [0.25, 0.3) is 10.8 Å². The van der Waals surface area contributed by atoms with Crippen molar-refractivity contribution >= 4 is 28.7 Å². The molecule has 3 aromatic carbocycles. The highest BCUT2D eigenvalue weighted by Gasteiger charge is 2.35. The van der Waals surface area contributed by atoms with Crippen LogP contribution in [-0.4, -0.2) is 25.1 Å². The number of rotatable bonds is 4. The van der Waals surface area contributed by atoms with Gasteiger partial charge in [0.2, 0.25) is 0 Å². The molecule has 31 heavy (non-hydrogen) atoms. The summed E-state index contributed by atoms with van der Waals surface area (Å²) in [5.74, 6) is -0.894. The van der Waals surface area contributed by atoms with E-state index in [1.54, 1.807) is 43.3 Å². The van der Waals surface area contributed by atoms with Gasteiger partial charge in [-0.3, -0.25) is 0 Å². The van der Waals surface area contributed by atoms with E-state index in [0.29, 0.717) is 16.8 Å². The number of benzene rings is 3. The van der Waals surface area contributed by atoms with Crippen molar-refractivity contribution in [1.29, 1.82) is 0 Å². The van der Waals surface area contributed by atoms with Gasteiger partial charge >= 0.3 is 18.0 Å². The second-order valence-corrected chi connectivity index (χ2v) is 7.02. The molecule has 2 amide bonds. The molecule has 1 aliphatic rings. The number of hydrogen-bond acceptors (Lipinski definition) is 5. The number of esters is 2. The van der Waals surface area contributed by atoms with Crippen molar-refractivity contribution in [3.63, 3.8) is 0 Å². The SMILES string of the molecule is COC(=O)C1=C(C)NC(=O)NC1c1c(OC(=O)c2ccccc2)ccc2ccccc12. The van der Waals surface area contributed by atoms with Crippen LogP contribution >= 0.6 is 0 Å². The molecule has 0 aliphatic carbocycles. The van der Waals surface area contributed by atoms with Gasteiger partial charge in [0.15, 0.2) is 0 Å². The molecule has 0 bridgehead atoms. The van der Waals surface area contributed by atoms with Crippen molar-refractivity contribution in [3.05, 3.63) is 89.1 Å². The molecule has 2 N–H and O–H groups in total. The van der Waals surface area contributed by atoms with E-state index in [9.17, 15) is 14.4 Å². The number of nitrogens with one attached hydrogen (secondary N) is 2. The Hall–Kier alpha value is -4.13. The lowest BCUT2D eigenvalue weighted by molar-refractivity contribution is -0.136. The number of hydrogen-bond donors (Lipinski definition) is 2. The Morgan fingerprint density at radius 2 is 1.61 bits per heavy atom. The zero-order valence-corrected chi connectivity index (χ0v) is 17.0. The molecule has 7 heteroatoms. The van der Waals surface area contributed by atoms with Crippen LogP contribution in [0, 0.1) is 0 Å². The van der Waals surface area contributed by atoms with Gasteiger partial charge in [0.1, 0.15) is 5.75 Å². The molecular weight excluding hydrogens is 396 g/mol. The molecule has 0 radical (unpaired) electrons. The molecule has 1 atom stereocenters. The van der Waals surface area contributed by atoms with E-state index in [2.05, 4.69) is 10.6 Å². The van der Waals surface area contributed by atoms with Crippen molar-refractivity contribution in [1.82, 2.24) is 10.6 Å². The number of ether oxygens (including phenoxy) is 2. The second-order valence-electron chi connectivity index (χ2n) is 7.02. The number of fused-ring (bicyclic) bond motifs is 1. The van der Waals surface area contributed by atoms with Crippen LogP contribution in [-0.2, 0) is 9.53 Å². The summed E-state index contributed by atoms with van der Waals surface area (Å²) in [6, 6.07) is 18.2. The first-order valence-electron chi connectivity index (χ1n) is 9.65. The smallest absolute Gasteiger partial charge is 0.343 e. The molecule has 1 heterocycles. The Morgan fingerprint density at radius 1 is 0.903 bits per heavy atom. The zero-order valence-electron chi connectivity index (χ0n) is 17.0. The zero-order chi connectivity index (χ0) is 22.0. The minimum absolute atomic E-state index is 0.232. The fourth-order valence-electron chi connectivity index (χ4n) is 3.69. The van der Waals surface area contributed by atoms with Crippen molar-refractivity contribution < 1.29 is 23.9 Å². The number of amides is 2. The lowest BCUT2D eigenvalue weighted by Gasteiger charge is -2.29. The Balaban J connectivity index is 1.90. The number of carbonyl (C=O) groups is 3. The molecule has 156 valence electrons. The first kappa shape index (κ1) is 20.2. The standard InChI is InChI=1S/C24H20N2O5/c1-14-19(23(28)30-2)21(26-24(29)25-14)20-17-11-7-6-8-15(17)12-13-18(20)31-22(27)16-9-4-3-5-10-16/h3-13,21H,1-2H3,(H2,25,26,29). The van der Waals surface area contributed by atoms with Gasteiger partial charge in [0.25, 0.3) is 0 Å². The van der Waals surface area contributed by atoms with E-state index in [-0.39, 0.29) is 11.3 Å². The highest BCUT2D eigenvalue weighted by atomic mass is 16.5. The molecule has 1 unspecified atom stereocenters. The number of allylic oxidation sites excluding steroid dienone is 1. The maximum Gasteiger partial charge on any atom is 0.343 e. The molecule has 0 saturated heterocycles. The summed E-state index contributed by atoms with van der Waals surface area (Å²) in [7, 11) is 1.27. The first-order valence-corrected chi connectivity index (χ1v) is 9.65. The maximum absolute atomic E-state index is 12.8. The average molecular weight is 416 g/mol. The molecule has 0 aromatic heterocycles. The number of methoxy groups -OCH3 is 1. The van der Waals surface area contributed by atoms with E-state index in [1.807, 2.05) is 30.3 Å². The summed E-state index contributed by atoms with van der Waals surface area (Å²) in [6.07, 6.45) is 0. The predicted molar refractivity (Wildman–Crippen MR) is 114 cm³/mol. The van der Waals surface area contributed by atoms with Crippen LogP contribution in [0.1, 0.15) is 28.9 Å². The van der Waals surface area contributed by atoms with Gasteiger partial charge in [-0.05, 0) is 35.9 Å². The van der Waals surface area contributed by atoms with Crippen LogP contribution in [0.2, 0.25) is 0 Å². The molecule has 0 saturated carbocycles. The number of urea groups is 1. The Bertz CT molecular complexity index is 1220. The molecule has 3 aromatic rings. The van der Waals surface area contributed by atoms with Crippen LogP contribution in [0.5, 0.6) is 5.75 Å². The van der Waals surface area contributed by atoms with Gasteiger partial charge in [-0.1, -0.05) is 48.5 Å². The van der Waals surface area contributed by atoms with Gasteiger partial charge < -0.3 is 20.1 Å². The van der Waals surface area contributed by atoms with E-state index in [1.165, 1.54) is 7.11 Å². The molecule has 0 fully saturated rings. The van der Waals surface area contributed by atoms with Gasteiger partial charge in [-0.25, -0.2) is 14.4 Å². The summed E-state index contributed by atoms with van der Waals surface area (Å²) >= 11 is 0. The highest BCUT2D eigenvalue weighted by molar-refractivity contribution is 5.99. The van der Waals surface area contributed by atoms with Crippen LogP contribution in [0.15, 0.2) is 78.0 Å². The maximum atomic E-state index is 12.8. The topological polar surface area (TPSA) is 93.7 Å². The Labute approximate surface area is 178 Å². The van der Waals surface area contributed by atoms with E-state index >= 15 is 0 Å². The minimum Gasteiger partial charge on any atom is -0.466 e. The van der Waals surface area contributed by atoms with Crippen LogP contribution in [0.4, 0.5) is 4.79 Å². The van der Waals surface area contributed by atoms with E-state index in [4.69, 9.17) is 9.47 Å². The van der Waals surface area contributed by atoms with Gasteiger partial charge in [-0.2, -0.15) is 0 Å². The molecular formula is C24H20N2O5. The third kappa shape index (κ3) is 3.85. The summed E-state index contributed by atoms with van der Waals surface area (Å²) in [5, 5.41) is 6.98. The Morgan fingerprint density at radius 3 is 2.35 bits per heavy atom. The first-order chi connectivity index (χ1) is 15.0. The second kappa shape index (κ2) is 8.31. The van der Waals surface area contributed by atoms with Gasteiger partial charge in [-0.15, -0.1) is 0 Å². The Kier molecular flexibility index (Phi) is 5.41. The van der Waals surface area contributed by atoms with E-state index < -0.39 is 24.0 Å². The summed E-state index contributed by atoms with van der Waals surface area (Å²) in [5.41, 5.74) is 1.48. The van der Waals surface area contributed by atoms with Crippen molar-refractivity contribution in [2.75, 3.05) is 7.11 Å². The fourth-order valence-corrected chi connectivity index (χ4v) is 3.69. The minimum atomic E-state index is -0.870. The lowest BCUT2D eigenvalue weighted by atomic mass is 9.90. The summed E-state index contributed by atoms with van der Waals surface area (Å²) in [4.78, 5) is 37.6. The van der Waals surface area contributed by atoms with Crippen molar-refractivity contribution in [2.24, 2.45) is 0 Å². The van der Waals surface area contributed by atoms with Gasteiger partial charge in [0, 0.05) is 11.3 Å². The largest absolute Gasteiger partial charge is 0.466 e.